The van der Waals surface area contributed by atoms with Gasteiger partial charge in [-0.1, -0.05) is 59.7 Å². The van der Waals surface area contributed by atoms with E-state index in [1.54, 1.807) is 24.3 Å². The first-order chi connectivity index (χ1) is 13.4. The number of nitrogens with one attached hydrogen (secondary N) is 2. The van der Waals surface area contributed by atoms with E-state index in [2.05, 4.69) is 15.8 Å². The SMILES string of the molecule is Cc1ccc(S(=O)(=O)NC(c2ccccc2)c2c[nH]c3ccc(C)cc23)cc1. The van der Waals surface area contributed by atoms with Crippen LogP contribution in [-0.4, -0.2) is 13.4 Å². The van der Waals surface area contributed by atoms with Crippen molar-refractivity contribution in [2.24, 2.45) is 0 Å². The molecule has 0 aliphatic rings. The lowest BCUT2D eigenvalue weighted by Gasteiger charge is -2.19. The Morgan fingerprint density at radius 1 is 0.857 bits per heavy atom. The average molecular weight is 391 g/mol. The van der Waals surface area contributed by atoms with Gasteiger partial charge in [-0.15, -0.1) is 0 Å². The summed E-state index contributed by atoms with van der Waals surface area (Å²) in [5.74, 6) is 0. The van der Waals surface area contributed by atoms with Gasteiger partial charge in [0.25, 0.3) is 0 Å². The quantitative estimate of drug-likeness (QED) is 0.511. The smallest absolute Gasteiger partial charge is 0.241 e. The molecule has 3 aromatic carbocycles. The maximum absolute atomic E-state index is 13.1. The Balaban J connectivity index is 1.82. The zero-order valence-corrected chi connectivity index (χ0v) is 16.6. The molecule has 0 amide bonds. The first kappa shape index (κ1) is 18.5. The van der Waals surface area contributed by atoms with E-state index in [9.17, 15) is 8.42 Å². The van der Waals surface area contributed by atoms with E-state index in [1.165, 1.54) is 0 Å². The fourth-order valence-electron chi connectivity index (χ4n) is 3.39. The summed E-state index contributed by atoms with van der Waals surface area (Å²) in [7, 11) is -3.69. The summed E-state index contributed by atoms with van der Waals surface area (Å²) < 4.78 is 29.1. The van der Waals surface area contributed by atoms with Crippen molar-refractivity contribution in [2.75, 3.05) is 0 Å². The summed E-state index contributed by atoms with van der Waals surface area (Å²) >= 11 is 0. The Labute approximate surface area is 165 Å². The van der Waals surface area contributed by atoms with Gasteiger partial charge in [-0.3, -0.25) is 0 Å². The highest BCUT2D eigenvalue weighted by Crippen LogP contribution is 2.31. The third kappa shape index (κ3) is 3.59. The van der Waals surface area contributed by atoms with E-state index >= 15 is 0 Å². The number of hydrogen-bond donors (Lipinski definition) is 2. The van der Waals surface area contributed by atoms with Gasteiger partial charge < -0.3 is 4.98 Å². The Kier molecular flexibility index (Phi) is 4.79. The molecule has 28 heavy (non-hydrogen) atoms. The van der Waals surface area contributed by atoms with Crippen molar-refractivity contribution in [2.45, 2.75) is 24.8 Å². The normalized spacial score (nSPS) is 12.9. The minimum absolute atomic E-state index is 0.259. The van der Waals surface area contributed by atoms with Gasteiger partial charge in [0.2, 0.25) is 10.0 Å². The van der Waals surface area contributed by atoms with Crippen molar-refractivity contribution in [1.82, 2.24) is 9.71 Å². The largest absolute Gasteiger partial charge is 0.361 e. The molecule has 0 aliphatic carbocycles. The zero-order chi connectivity index (χ0) is 19.7. The third-order valence-corrected chi connectivity index (χ3v) is 6.36. The molecule has 4 aromatic rings. The van der Waals surface area contributed by atoms with Gasteiger partial charge in [-0.2, -0.15) is 4.72 Å². The van der Waals surface area contributed by atoms with Crippen LogP contribution in [-0.2, 0) is 10.0 Å². The highest BCUT2D eigenvalue weighted by atomic mass is 32.2. The fourth-order valence-corrected chi connectivity index (χ4v) is 4.60. The van der Waals surface area contributed by atoms with Crippen LogP contribution < -0.4 is 4.72 Å². The van der Waals surface area contributed by atoms with Crippen LogP contribution in [0.3, 0.4) is 0 Å². The van der Waals surface area contributed by atoms with E-state index in [0.717, 1.165) is 33.2 Å². The number of rotatable bonds is 5. The lowest BCUT2D eigenvalue weighted by Crippen LogP contribution is -2.29. The molecule has 0 spiro atoms. The second-order valence-electron chi connectivity index (χ2n) is 7.07. The molecule has 1 atom stereocenters. The topological polar surface area (TPSA) is 62.0 Å². The van der Waals surface area contributed by atoms with Crippen molar-refractivity contribution < 1.29 is 8.42 Å². The number of aromatic amines is 1. The molecule has 142 valence electrons. The number of hydrogen-bond acceptors (Lipinski definition) is 2. The molecule has 1 heterocycles. The lowest BCUT2D eigenvalue weighted by molar-refractivity contribution is 0.572. The van der Waals surface area contributed by atoms with Crippen molar-refractivity contribution in [1.29, 1.82) is 0 Å². The standard InChI is InChI=1S/C23H22N2O2S/c1-16-8-11-19(12-9-16)28(26,27)25-23(18-6-4-3-5-7-18)21-15-24-22-13-10-17(2)14-20(21)22/h3-15,23-25H,1-2H3. The van der Waals surface area contributed by atoms with Gasteiger partial charge >= 0.3 is 0 Å². The summed E-state index contributed by atoms with van der Waals surface area (Å²) in [5, 5.41) is 1.01. The number of benzene rings is 3. The van der Waals surface area contributed by atoms with Gasteiger partial charge in [-0.25, -0.2) is 8.42 Å². The second kappa shape index (κ2) is 7.26. The Bertz CT molecular complexity index is 1210. The summed E-state index contributed by atoms with van der Waals surface area (Å²) in [6, 6.07) is 22.2. The van der Waals surface area contributed by atoms with Gasteiger partial charge in [0, 0.05) is 17.1 Å². The third-order valence-electron chi connectivity index (χ3n) is 4.92. The highest BCUT2D eigenvalue weighted by Gasteiger charge is 2.25. The maximum atomic E-state index is 13.1. The van der Waals surface area contributed by atoms with E-state index in [1.807, 2.05) is 62.5 Å². The summed E-state index contributed by atoms with van der Waals surface area (Å²) in [4.78, 5) is 3.52. The molecule has 5 heteroatoms. The van der Waals surface area contributed by atoms with Crippen molar-refractivity contribution in [3.8, 4) is 0 Å². The van der Waals surface area contributed by atoms with Crippen molar-refractivity contribution >= 4 is 20.9 Å². The first-order valence-corrected chi connectivity index (χ1v) is 10.6. The molecule has 1 aromatic heterocycles. The Hall–Kier alpha value is -2.89. The first-order valence-electron chi connectivity index (χ1n) is 9.16. The molecular formula is C23H22N2O2S. The fraction of sp³-hybridized carbons (Fsp3) is 0.130. The van der Waals surface area contributed by atoms with Crippen molar-refractivity contribution in [3.05, 3.63) is 101 Å². The molecule has 0 bridgehead atoms. The zero-order valence-electron chi connectivity index (χ0n) is 15.8. The average Bonchev–Trinajstić information content (AvgIpc) is 3.10. The number of aromatic nitrogens is 1. The molecule has 2 N–H and O–H groups in total. The van der Waals surface area contributed by atoms with E-state index < -0.39 is 16.1 Å². The van der Waals surface area contributed by atoms with Crippen LogP contribution in [0.25, 0.3) is 10.9 Å². The Morgan fingerprint density at radius 2 is 1.54 bits per heavy atom. The molecule has 1 unspecified atom stereocenters. The molecular weight excluding hydrogens is 368 g/mol. The molecule has 0 saturated heterocycles. The predicted molar refractivity (Wildman–Crippen MR) is 113 cm³/mol. The molecule has 4 rings (SSSR count). The van der Waals surface area contributed by atoms with Crippen molar-refractivity contribution in [3.63, 3.8) is 0 Å². The number of H-pyrrole nitrogens is 1. The lowest BCUT2D eigenvalue weighted by atomic mass is 9.98. The van der Waals surface area contributed by atoms with Crippen LogP contribution in [0.5, 0.6) is 0 Å². The second-order valence-corrected chi connectivity index (χ2v) is 8.79. The number of aryl methyl sites for hydroxylation is 2. The molecule has 4 nitrogen and oxygen atoms in total. The molecule has 0 radical (unpaired) electrons. The number of fused-ring (bicyclic) bond motifs is 1. The highest BCUT2D eigenvalue weighted by molar-refractivity contribution is 7.89. The minimum Gasteiger partial charge on any atom is -0.361 e. The monoisotopic (exact) mass is 390 g/mol. The number of sulfonamides is 1. The van der Waals surface area contributed by atoms with Gasteiger partial charge in [-0.05, 0) is 49.2 Å². The van der Waals surface area contributed by atoms with Crippen LogP contribution in [0.4, 0.5) is 0 Å². The van der Waals surface area contributed by atoms with Crippen LogP contribution in [0, 0.1) is 13.8 Å². The summed E-state index contributed by atoms with van der Waals surface area (Å²) in [6.07, 6.45) is 1.89. The van der Waals surface area contributed by atoms with Crippen LogP contribution in [0.1, 0.15) is 28.3 Å². The van der Waals surface area contributed by atoms with Gasteiger partial charge in [0.15, 0.2) is 0 Å². The molecule has 0 saturated carbocycles. The van der Waals surface area contributed by atoms with Gasteiger partial charge in [0.05, 0.1) is 10.9 Å². The van der Waals surface area contributed by atoms with Crippen LogP contribution >= 0.6 is 0 Å². The summed E-state index contributed by atoms with van der Waals surface area (Å²) in [6.45, 7) is 3.97. The summed E-state index contributed by atoms with van der Waals surface area (Å²) in [5.41, 5.74) is 4.92. The van der Waals surface area contributed by atoms with E-state index in [0.29, 0.717) is 0 Å². The maximum Gasteiger partial charge on any atom is 0.241 e. The van der Waals surface area contributed by atoms with Crippen LogP contribution in [0.2, 0.25) is 0 Å². The van der Waals surface area contributed by atoms with E-state index in [4.69, 9.17) is 0 Å². The Morgan fingerprint density at radius 3 is 2.25 bits per heavy atom. The van der Waals surface area contributed by atoms with E-state index in [-0.39, 0.29) is 4.90 Å². The predicted octanol–water partition coefficient (Wildman–Crippen LogP) is 4.85. The molecule has 0 aliphatic heterocycles. The minimum atomic E-state index is -3.69. The van der Waals surface area contributed by atoms with Crippen LogP contribution in [0.15, 0.2) is 83.9 Å². The van der Waals surface area contributed by atoms with Gasteiger partial charge in [0.1, 0.15) is 0 Å². The molecule has 0 fully saturated rings.